The highest BCUT2D eigenvalue weighted by Crippen LogP contribution is 2.09. The molecule has 1 aromatic rings. The van der Waals surface area contributed by atoms with Gasteiger partial charge in [0.15, 0.2) is 0 Å². The molecule has 7 nitrogen and oxygen atoms in total. The first-order valence-electron chi connectivity index (χ1n) is 6.11. The number of hydrogen-bond acceptors (Lipinski definition) is 4. The minimum atomic E-state index is -4.50. The van der Waals surface area contributed by atoms with Crippen molar-refractivity contribution in [3.8, 4) is 0 Å². The van der Waals surface area contributed by atoms with Crippen molar-refractivity contribution >= 4 is 27.8 Å². The fraction of sp³-hybridized carbons (Fsp3) is 0.333. The number of hydrogen-bond donors (Lipinski definition) is 3. The van der Waals surface area contributed by atoms with Gasteiger partial charge in [-0.25, -0.2) is 4.79 Å². The lowest BCUT2D eigenvalue weighted by atomic mass is 10.2. The number of rotatable bonds is 6. The fourth-order valence-corrected chi connectivity index (χ4v) is 1.94. The van der Waals surface area contributed by atoms with Crippen molar-refractivity contribution in [1.29, 1.82) is 0 Å². The standard InChI is InChI=1S/C12H16FN3O4S/c1-14-12(18)16-10-5-3-9(4-6-10)11(17)15-7-2-8-21(13,19)20/h3-6H,2,7-8H2,1H3,(H,15,17)(H2,14,16,18). The number of carbonyl (C=O) groups is 2. The SMILES string of the molecule is CNC(=O)Nc1ccc(C(=O)NCCCS(=O)(=O)F)cc1. The maximum Gasteiger partial charge on any atom is 0.318 e. The summed E-state index contributed by atoms with van der Waals surface area (Å²) in [7, 11) is -3.02. The van der Waals surface area contributed by atoms with Gasteiger partial charge >= 0.3 is 16.3 Å². The Bertz CT molecular complexity index is 601. The van der Waals surface area contributed by atoms with Gasteiger partial charge in [-0.3, -0.25) is 4.79 Å². The van der Waals surface area contributed by atoms with E-state index in [9.17, 15) is 21.9 Å². The van der Waals surface area contributed by atoms with Crippen molar-refractivity contribution in [3.05, 3.63) is 29.8 Å². The molecule has 3 amide bonds. The Hall–Kier alpha value is -2.16. The summed E-state index contributed by atoms with van der Waals surface area (Å²) in [6.45, 7) is 0.0558. The zero-order valence-electron chi connectivity index (χ0n) is 11.3. The number of halogens is 1. The predicted molar refractivity (Wildman–Crippen MR) is 76.4 cm³/mol. The van der Waals surface area contributed by atoms with Gasteiger partial charge in [-0.05, 0) is 30.7 Å². The quantitative estimate of drug-likeness (QED) is 0.534. The van der Waals surface area contributed by atoms with E-state index >= 15 is 0 Å². The lowest BCUT2D eigenvalue weighted by molar-refractivity contribution is 0.0953. The van der Waals surface area contributed by atoms with E-state index in [1.54, 1.807) is 12.1 Å². The minimum absolute atomic E-state index is 0.000877. The molecule has 0 radical (unpaired) electrons. The van der Waals surface area contributed by atoms with E-state index in [2.05, 4.69) is 16.0 Å². The Morgan fingerprint density at radius 2 is 1.81 bits per heavy atom. The van der Waals surface area contributed by atoms with Gasteiger partial charge in [0.2, 0.25) is 0 Å². The van der Waals surface area contributed by atoms with Crippen molar-refractivity contribution in [1.82, 2.24) is 10.6 Å². The molecule has 0 aromatic heterocycles. The van der Waals surface area contributed by atoms with Gasteiger partial charge in [-0.1, -0.05) is 0 Å². The summed E-state index contributed by atoms with van der Waals surface area (Å²) in [6, 6.07) is 5.74. The first kappa shape index (κ1) is 16.9. The van der Waals surface area contributed by atoms with Crippen LogP contribution in [0.25, 0.3) is 0 Å². The van der Waals surface area contributed by atoms with Crippen LogP contribution in [-0.4, -0.2) is 39.7 Å². The lowest BCUT2D eigenvalue weighted by Gasteiger charge is -2.07. The Labute approximate surface area is 122 Å². The number of amides is 3. The zero-order valence-corrected chi connectivity index (χ0v) is 12.2. The molecule has 0 atom stereocenters. The Balaban J connectivity index is 2.46. The molecule has 0 saturated heterocycles. The first-order chi connectivity index (χ1) is 9.81. The number of urea groups is 1. The van der Waals surface area contributed by atoms with Crippen molar-refractivity contribution in [2.24, 2.45) is 0 Å². The van der Waals surface area contributed by atoms with Gasteiger partial charge in [-0.2, -0.15) is 8.42 Å². The van der Waals surface area contributed by atoms with E-state index in [1.807, 2.05) is 0 Å². The van der Waals surface area contributed by atoms with Crippen LogP contribution < -0.4 is 16.0 Å². The molecule has 0 aliphatic rings. The van der Waals surface area contributed by atoms with Gasteiger partial charge in [0.05, 0.1) is 5.75 Å². The van der Waals surface area contributed by atoms with Gasteiger partial charge in [-0.15, -0.1) is 3.89 Å². The third kappa shape index (κ3) is 6.70. The second-order valence-electron chi connectivity index (χ2n) is 4.13. The normalized spacial score (nSPS) is 10.8. The summed E-state index contributed by atoms with van der Waals surface area (Å²) in [5, 5.41) is 7.40. The highest BCUT2D eigenvalue weighted by atomic mass is 32.3. The van der Waals surface area contributed by atoms with Crippen molar-refractivity contribution in [2.75, 3.05) is 24.7 Å². The maximum atomic E-state index is 12.2. The smallest absolute Gasteiger partial charge is 0.318 e. The van der Waals surface area contributed by atoms with E-state index in [0.29, 0.717) is 11.3 Å². The first-order valence-corrected chi connectivity index (χ1v) is 7.66. The van der Waals surface area contributed by atoms with Crippen molar-refractivity contribution in [3.63, 3.8) is 0 Å². The summed E-state index contributed by atoms with van der Waals surface area (Å²) >= 11 is 0. The molecule has 3 N–H and O–H groups in total. The average Bonchev–Trinajstić information content (AvgIpc) is 2.43. The van der Waals surface area contributed by atoms with E-state index in [1.165, 1.54) is 19.2 Å². The second-order valence-corrected chi connectivity index (χ2v) is 5.62. The molecule has 0 aliphatic carbocycles. The molecular formula is C12H16FN3O4S. The molecule has 116 valence electrons. The van der Waals surface area contributed by atoms with Gasteiger partial charge in [0.1, 0.15) is 0 Å². The summed E-state index contributed by atoms with van der Waals surface area (Å²) in [5.74, 6) is -1.03. The predicted octanol–water partition coefficient (Wildman–Crippen LogP) is 0.857. The fourth-order valence-electron chi connectivity index (χ4n) is 1.45. The molecule has 0 heterocycles. The third-order valence-electron chi connectivity index (χ3n) is 2.48. The summed E-state index contributed by atoms with van der Waals surface area (Å²) in [6.07, 6.45) is 0.000877. The van der Waals surface area contributed by atoms with Crippen LogP contribution in [0.3, 0.4) is 0 Å². The molecule has 0 fully saturated rings. The van der Waals surface area contributed by atoms with Crippen LogP contribution in [-0.2, 0) is 10.2 Å². The molecule has 0 unspecified atom stereocenters. The van der Waals surface area contributed by atoms with Crippen LogP contribution in [0.4, 0.5) is 14.4 Å². The van der Waals surface area contributed by atoms with E-state index in [4.69, 9.17) is 0 Å². The average molecular weight is 317 g/mol. The third-order valence-corrected chi connectivity index (χ3v) is 3.26. The number of carbonyl (C=O) groups excluding carboxylic acids is 2. The molecule has 1 aromatic carbocycles. The Kier molecular flexibility index (Phi) is 6.10. The van der Waals surface area contributed by atoms with Crippen LogP contribution in [0, 0.1) is 0 Å². The Morgan fingerprint density at radius 3 is 2.33 bits per heavy atom. The molecule has 0 saturated carbocycles. The van der Waals surface area contributed by atoms with Crippen molar-refractivity contribution < 1.29 is 21.9 Å². The molecular weight excluding hydrogens is 301 g/mol. The van der Waals surface area contributed by atoms with E-state index in [-0.39, 0.29) is 19.0 Å². The van der Waals surface area contributed by atoms with Gasteiger partial charge in [0.25, 0.3) is 5.91 Å². The number of benzene rings is 1. The van der Waals surface area contributed by atoms with E-state index in [0.717, 1.165) is 0 Å². The minimum Gasteiger partial charge on any atom is -0.352 e. The number of anilines is 1. The summed E-state index contributed by atoms with van der Waals surface area (Å²) in [5.41, 5.74) is 0.870. The van der Waals surface area contributed by atoms with Crippen LogP contribution in [0.2, 0.25) is 0 Å². The molecule has 0 bridgehead atoms. The van der Waals surface area contributed by atoms with Crippen molar-refractivity contribution in [2.45, 2.75) is 6.42 Å². The molecule has 0 aliphatic heterocycles. The second kappa shape index (κ2) is 7.58. The zero-order chi connectivity index (χ0) is 15.9. The lowest BCUT2D eigenvalue weighted by Crippen LogP contribution is -2.26. The maximum absolute atomic E-state index is 12.2. The van der Waals surface area contributed by atoms with E-state index < -0.39 is 21.9 Å². The topological polar surface area (TPSA) is 104 Å². The molecule has 0 spiro atoms. The molecule has 1 rings (SSSR count). The highest BCUT2D eigenvalue weighted by molar-refractivity contribution is 7.86. The molecule has 9 heteroatoms. The van der Waals surface area contributed by atoms with Gasteiger partial charge < -0.3 is 16.0 Å². The monoisotopic (exact) mass is 317 g/mol. The highest BCUT2D eigenvalue weighted by Gasteiger charge is 2.08. The largest absolute Gasteiger partial charge is 0.352 e. The van der Waals surface area contributed by atoms with Gasteiger partial charge in [0, 0.05) is 24.8 Å². The van der Waals surface area contributed by atoms with Crippen LogP contribution in [0.1, 0.15) is 16.8 Å². The van der Waals surface area contributed by atoms with Crippen LogP contribution >= 0.6 is 0 Å². The summed E-state index contributed by atoms with van der Waals surface area (Å²) < 4.78 is 32.8. The van der Waals surface area contributed by atoms with Crippen LogP contribution in [0.5, 0.6) is 0 Å². The molecule has 21 heavy (non-hydrogen) atoms. The summed E-state index contributed by atoms with van der Waals surface area (Å²) in [4.78, 5) is 22.8. The van der Waals surface area contributed by atoms with Crippen LogP contribution in [0.15, 0.2) is 24.3 Å². The Morgan fingerprint density at radius 1 is 1.19 bits per heavy atom. The number of nitrogens with one attached hydrogen (secondary N) is 3.